The highest BCUT2D eigenvalue weighted by atomic mass is 16.5. The molecule has 47 heavy (non-hydrogen) atoms. The predicted octanol–water partition coefficient (Wildman–Crippen LogP) is 6.31. The summed E-state index contributed by atoms with van der Waals surface area (Å²) >= 11 is 0. The largest absolute Gasteiger partial charge is 0.493 e. The molecule has 3 aromatic carbocycles. The normalized spacial score (nSPS) is 14.0. The van der Waals surface area contributed by atoms with E-state index in [4.69, 9.17) is 9.47 Å². The lowest BCUT2D eigenvalue weighted by atomic mass is 10.0. The van der Waals surface area contributed by atoms with Crippen LogP contribution in [0.1, 0.15) is 56.1 Å². The number of hydrogen-bond donors (Lipinski definition) is 2. The third-order valence-corrected chi connectivity index (χ3v) is 9.86. The molecule has 0 atom stereocenters. The number of amides is 1. The first-order valence-corrected chi connectivity index (χ1v) is 16.5. The number of benzene rings is 3. The van der Waals surface area contributed by atoms with Crippen molar-refractivity contribution < 1.29 is 19.1 Å². The highest BCUT2D eigenvalue weighted by Gasteiger charge is 2.29. The number of aromatic amines is 2. The van der Waals surface area contributed by atoms with Crippen molar-refractivity contribution in [3.8, 4) is 11.5 Å². The Balaban J connectivity index is 1.04. The number of aromatic nitrogens is 2. The van der Waals surface area contributed by atoms with Crippen LogP contribution in [-0.2, 0) is 19.3 Å². The Hall–Kier alpha value is -4.76. The maximum Gasteiger partial charge on any atom is 0.274 e. The second-order valence-electron chi connectivity index (χ2n) is 13.1. The number of carbonyl (C=O) groups excluding carboxylic acids is 2. The van der Waals surface area contributed by atoms with E-state index in [9.17, 15) is 9.59 Å². The molecule has 0 fully saturated rings. The molecule has 0 unspecified atom stereocenters. The summed E-state index contributed by atoms with van der Waals surface area (Å²) in [5.41, 5.74) is 9.96. The van der Waals surface area contributed by atoms with Crippen molar-refractivity contribution >= 4 is 44.9 Å². The standard InChI is InChI=1S/C38H43N5O4/c1-23-36-26(21-35(46-4)37(23)47-5)20-30(40-36)34(44)14-17-42-16-13-27-28-22-31(39-29(28)9-11-33(27)42)38(45)43-18-12-25-19-24(8-10-32(25)43)7-6-15-41(2)3/h8-11,19-22,39-40H,6-7,12-18H2,1-5H3. The van der Waals surface area contributed by atoms with Gasteiger partial charge in [0.05, 0.1) is 25.4 Å². The fourth-order valence-electron chi connectivity index (χ4n) is 7.42. The minimum Gasteiger partial charge on any atom is -0.493 e. The van der Waals surface area contributed by atoms with Crippen LogP contribution in [0.15, 0.2) is 48.5 Å². The molecule has 0 radical (unpaired) electrons. The lowest BCUT2D eigenvalue weighted by Gasteiger charge is -2.18. The average molecular weight is 634 g/mol. The number of ketones is 1. The van der Waals surface area contributed by atoms with Gasteiger partial charge in [0, 0.05) is 59.3 Å². The van der Waals surface area contributed by atoms with Crippen molar-refractivity contribution in [1.29, 1.82) is 0 Å². The van der Waals surface area contributed by atoms with E-state index >= 15 is 0 Å². The summed E-state index contributed by atoms with van der Waals surface area (Å²) in [7, 11) is 7.45. The van der Waals surface area contributed by atoms with Gasteiger partial charge >= 0.3 is 0 Å². The molecule has 9 heteroatoms. The number of hydrogen-bond acceptors (Lipinski definition) is 6. The Bertz CT molecular complexity index is 2000. The highest BCUT2D eigenvalue weighted by molar-refractivity contribution is 6.09. The Labute approximate surface area is 275 Å². The minimum atomic E-state index is 0.0123. The van der Waals surface area contributed by atoms with Crippen LogP contribution < -0.4 is 19.3 Å². The van der Waals surface area contributed by atoms with E-state index in [1.54, 1.807) is 14.2 Å². The van der Waals surface area contributed by atoms with E-state index < -0.39 is 0 Å². The molecule has 9 nitrogen and oxygen atoms in total. The summed E-state index contributed by atoms with van der Waals surface area (Å²) in [6.45, 7) is 5.19. The summed E-state index contributed by atoms with van der Waals surface area (Å²) in [4.78, 5) is 40.2. The molecule has 244 valence electrons. The Morgan fingerprint density at radius 1 is 0.915 bits per heavy atom. The van der Waals surface area contributed by atoms with Crippen molar-refractivity contribution in [3.63, 3.8) is 0 Å². The topological polar surface area (TPSA) is 93.9 Å². The number of fused-ring (bicyclic) bond motifs is 5. The first kappa shape index (κ1) is 30.9. The van der Waals surface area contributed by atoms with Crippen molar-refractivity contribution in [3.05, 3.63) is 82.2 Å². The number of anilines is 2. The summed E-state index contributed by atoms with van der Waals surface area (Å²) in [5.74, 6) is 1.39. The summed E-state index contributed by atoms with van der Waals surface area (Å²) in [6.07, 6.45) is 4.32. The van der Waals surface area contributed by atoms with Gasteiger partial charge in [-0.25, -0.2) is 0 Å². The monoisotopic (exact) mass is 633 g/mol. The quantitative estimate of drug-likeness (QED) is 0.166. The zero-order chi connectivity index (χ0) is 32.8. The summed E-state index contributed by atoms with van der Waals surface area (Å²) in [5, 5.41) is 2.01. The number of H-pyrrole nitrogens is 2. The van der Waals surface area contributed by atoms with Gasteiger partial charge in [-0.1, -0.05) is 12.1 Å². The fraction of sp³-hybridized carbons (Fsp3) is 0.368. The van der Waals surface area contributed by atoms with Crippen LogP contribution in [-0.4, -0.2) is 81.1 Å². The molecule has 0 saturated carbocycles. The van der Waals surface area contributed by atoms with Gasteiger partial charge in [-0.05, 0) is 106 Å². The van der Waals surface area contributed by atoms with Gasteiger partial charge in [-0.15, -0.1) is 0 Å². The number of ether oxygens (including phenoxy) is 2. The lowest BCUT2D eigenvalue weighted by molar-refractivity contribution is 0.0975. The SMILES string of the molecule is COc1cc2cc(C(=O)CCN3CCc4c3ccc3[nH]c(C(=O)N5CCc6cc(CCCN(C)C)ccc65)cc43)[nH]c2c(C)c1OC. The summed E-state index contributed by atoms with van der Waals surface area (Å²) in [6, 6.07) is 16.6. The molecule has 4 heterocycles. The van der Waals surface area contributed by atoms with E-state index in [0.29, 0.717) is 42.4 Å². The van der Waals surface area contributed by atoms with Gasteiger partial charge in [0.2, 0.25) is 0 Å². The molecular formula is C38H43N5O4. The number of Topliss-reactive ketones (excluding diaryl/α,β-unsaturated/α-hetero) is 1. The van der Waals surface area contributed by atoms with Gasteiger partial charge < -0.3 is 34.1 Å². The lowest BCUT2D eigenvalue weighted by Crippen LogP contribution is -2.29. The Kier molecular flexibility index (Phi) is 8.18. The zero-order valence-corrected chi connectivity index (χ0v) is 28.0. The van der Waals surface area contributed by atoms with Crippen LogP contribution in [0.3, 0.4) is 0 Å². The maximum absolute atomic E-state index is 13.8. The van der Waals surface area contributed by atoms with E-state index in [2.05, 4.69) is 64.2 Å². The average Bonchev–Trinajstić information content (AvgIpc) is 3.86. The molecule has 2 aliphatic rings. The smallest absolute Gasteiger partial charge is 0.274 e. The number of nitrogens with zero attached hydrogens (tertiary/aromatic N) is 3. The van der Waals surface area contributed by atoms with Crippen molar-refractivity contribution in [2.45, 2.75) is 39.0 Å². The van der Waals surface area contributed by atoms with Crippen molar-refractivity contribution in [2.75, 3.05) is 64.3 Å². The molecule has 2 aromatic heterocycles. The summed E-state index contributed by atoms with van der Waals surface area (Å²) < 4.78 is 11.0. The van der Waals surface area contributed by atoms with Crippen LogP contribution >= 0.6 is 0 Å². The maximum atomic E-state index is 13.8. The molecule has 1 amide bonds. The fourth-order valence-corrected chi connectivity index (χ4v) is 7.42. The molecule has 0 aliphatic carbocycles. The van der Waals surface area contributed by atoms with Gasteiger partial charge in [-0.2, -0.15) is 0 Å². The molecule has 0 spiro atoms. The van der Waals surface area contributed by atoms with Crippen molar-refractivity contribution in [2.24, 2.45) is 0 Å². The Morgan fingerprint density at radius 3 is 2.53 bits per heavy atom. The molecule has 5 aromatic rings. The molecule has 0 saturated heterocycles. The zero-order valence-electron chi connectivity index (χ0n) is 28.0. The first-order chi connectivity index (χ1) is 22.7. The van der Waals surface area contributed by atoms with Gasteiger partial charge in [-0.3, -0.25) is 9.59 Å². The van der Waals surface area contributed by atoms with E-state index in [1.807, 2.05) is 30.0 Å². The number of nitrogens with one attached hydrogen (secondary N) is 2. The molecule has 2 aliphatic heterocycles. The van der Waals surface area contributed by atoms with E-state index in [0.717, 1.165) is 77.5 Å². The van der Waals surface area contributed by atoms with Gasteiger partial charge in [0.1, 0.15) is 5.69 Å². The Morgan fingerprint density at radius 2 is 1.74 bits per heavy atom. The minimum absolute atomic E-state index is 0.0123. The molecule has 2 N–H and O–H groups in total. The van der Waals surface area contributed by atoms with Crippen molar-refractivity contribution in [1.82, 2.24) is 14.9 Å². The molecule has 0 bridgehead atoms. The second-order valence-corrected chi connectivity index (χ2v) is 13.1. The predicted molar refractivity (Wildman–Crippen MR) is 188 cm³/mol. The van der Waals surface area contributed by atoms with Crippen LogP contribution in [0.25, 0.3) is 21.8 Å². The van der Waals surface area contributed by atoms with E-state index in [1.165, 1.54) is 16.7 Å². The van der Waals surface area contributed by atoms with Crippen LogP contribution in [0, 0.1) is 6.92 Å². The molecular weight excluding hydrogens is 590 g/mol. The highest BCUT2D eigenvalue weighted by Crippen LogP contribution is 2.38. The third kappa shape index (κ3) is 5.63. The van der Waals surface area contributed by atoms with Crippen LogP contribution in [0.2, 0.25) is 0 Å². The number of carbonyl (C=O) groups is 2. The van der Waals surface area contributed by atoms with Crippen LogP contribution in [0.5, 0.6) is 11.5 Å². The van der Waals surface area contributed by atoms with Gasteiger partial charge in [0.15, 0.2) is 17.3 Å². The van der Waals surface area contributed by atoms with Gasteiger partial charge in [0.25, 0.3) is 5.91 Å². The molecule has 7 rings (SSSR count). The number of rotatable bonds is 11. The number of methoxy groups -OCH3 is 2. The number of aryl methyl sites for hydroxylation is 2. The van der Waals surface area contributed by atoms with Crippen LogP contribution in [0.4, 0.5) is 11.4 Å². The first-order valence-electron chi connectivity index (χ1n) is 16.5. The second kappa shape index (κ2) is 12.4. The third-order valence-electron chi connectivity index (χ3n) is 9.86. The van der Waals surface area contributed by atoms with E-state index in [-0.39, 0.29) is 11.7 Å².